The zero-order valence-corrected chi connectivity index (χ0v) is 15.8. The summed E-state index contributed by atoms with van der Waals surface area (Å²) in [5.74, 6) is 1.06. The molecule has 2 heterocycles. The molecule has 0 N–H and O–H groups in total. The molecular weight excluding hydrogens is 332 g/mol. The lowest BCUT2D eigenvalue weighted by molar-refractivity contribution is 0.0209. The Hall–Kier alpha value is -2.57. The Morgan fingerprint density at radius 2 is 2.04 bits per heavy atom. The first-order valence-corrected chi connectivity index (χ1v) is 8.93. The highest BCUT2D eigenvalue weighted by molar-refractivity contribution is 5.68. The van der Waals surface area contributed by atoms with Crippen molar-refractivity contribution in [3.05, 3.63) is 30.3 Å². The molecule has 7 nitrogen and oxygen atoms in total. The standard InChI is InChI=1S/C19H26N4O3/c1-19(2,3)25-18(24)22(4)15-11-8-12-23(13-15)17-20-16(26-21-17)14-9-6-5-7-10-14/h5-7,9-10,15H,8,11-13H2,1-4H3. The fraction of sp³-hybridized carbons (Fsp3) is 0.526. The summed E-state index contributed by atoms with van der Waals surface area (Å²) in [4.78, 5) is 20.6. The number of anilines is 1. The highest BCUT2D eigenvalue weighted by atomic mass is 16.6. The number of amides is 1. The van der Waals surface area contributed by atoms with Gasteiger partial charge in [-0.25, -0.2) is 4.79 Å². The van der Waals surface area contributed by atoms with Gasteiger partial charge in [0, 0.05) is 25.7 Å². The molecule has 0 aliphatic carbocycles. The number of aromatic nitrogens is 2. The van der Waals surface area contributed by atoms with E-state index in [0.717, 1.165) is 24.9 Å². The highest BCUT2D eigenvalue weighted by Gasteiger charge is 2.30. The molecule has 1 aromatic heterocycles. The van der Waals surface area contributed by atoms with E-state index in [-0.39, 0.29) is 12.1 Å². The summed E-state index contributed by atoms with van der Waals surface area (Å²) in [6.45, 7) is 7.11. The molecule has 2 aromatic rings. The number of hydrogen-bond acceptors (Lipinski definition) is 6. The molecule has 140 valence electrons. The molecule has 26 heavy (non-hydrogen) atoms. The first-order valence-electron chi connectivity index (χ1n) is 8.93. The van der Waals surface area contributed by atoms with Gasteiger partial charge in [-0.3, -0.25) is 0 Å². The van der Waals surface area contributed by atoms with Crippen LogP contribution in [0.5, 0.6) is 0 Å². The third kappa shape index (κ3) is 4.33. The summed E-state index contributed by atoms with van der Waals surface area (Å²) in [7, 11) is 1.79. The van der Waals surface area contributed by atoms with Crippen LogP contribution in [0.25, 0.3) is 11.5 Å². The number of hydrogen-bond donors (Lipinski definition) is 0. The minimum absolute atomic E-state index is 0.0530. The summed E-state index contributed by atoms with van der Waals surface area (Å²) >= 11 is 0. The van der Waals surface area contributed by atoms with Gasteiger partial charge in [-0.2, -0.15) is 4.98 Å². The monoisotopic (exact) mass is 358 g/mol. The second-order valence-corrected chi connectivity index (χ2v) is 7.60. The van der Waals surface area contributed by atoms with E-state index < -0.39 is 5.60 Å². The van der Waals surface area contributed by atoms with Crippen LogP contribution in [0.2, 0.25) is 0 Å². The van der Waals surface area contributed by atoms with Crippen LogP contribution in [-0.2, 0) is 4.74 Å². The van der Waals surface area contributed by atoms with Crippen molar-refractivity contribution in [2.24, 2.45) is 0 Å². The first kappa shape index (κ1) is 18.2. The summed E-state index contributed by atoms with van der Waals surface area (Å²) in [6.07, 6.45) is 1.57. The van der Waals surface area contributed by atoms with E-state index in [0.29, 0.717) is 18.4 Å². The molecule has 0 bridgehead atoms. The van der Waals surface area contributed by atoms with Crippen molar-refractivity contribution >= 4 is 12.0 Å². The Labute approximate surface area is 153 Å². The molecule has 0 spiro atoms. The molecular formula is C19H26N4O3. The van der Waals surface area contributed by atoms with Gasteiger partial charge in [-0.1, -0.05) is 18.2 Å². The molecule has 1 aliphatic heterocycles. The molecule has 1 saturated heterocycles. The minimum atomic E-state index is -0.502. The topological polar surface area (TPSA) is 71.7 Å². The first-order chi connectivity index (χ1) is 12.3. The zero-order valence-electron chi connectivity index (χ0n) is 15.8. The molecule has 7 heteroatoms. The number of carbonyl (C=O) groups excluding carboxylic acids is 1. The largest absolute Gasteiger partial charge is 0.444 e. The van der Waals surface area contributed by atoms with Gasteiger partial charge in [-0.05, 0) is 50.9 Å². The van der Waals surface area contributed by atoms with E-state index in [2.05, 4.69) is 15.0 Å². The predicted octanol–water partition coefficient (Wildman–Crippen LogP) is 3.57. The lowest BCUT2D eigenvalue weighted by Gasteiger charge is -2.37. The van der Waals surface area contributed by atoms with Crippen molar-refractivity contribution in [3.8, 4) is 11.5 Å². The Morgan fingerprint density at radius 1 is 1.31 bits per heavy atom. The summed E-state index contributed by atoms with van der Waals surface area (Å²) in [6, 6.07) is 9.75. The fourth-order valence-corrected chi connectivity index (χ4v) is 2.98. The number of benzene rings is 1. The Bertz CT molecular complexity index is 739. The predicted molar refractivity (Wildman–Crippen MR) is 99.0 cm³/mol. The van der Waals surface area contributed by atoms with Gasteiger partial charge in [0.05, 0.1) is 6.04 Å². The fourth-order valence-electron chi connectivity index (χ4n) is 2.98. The normalized spacial score (nSPS) is 17.8. The van der Waals surface area contributed by atoms with Crippen molar-refractivity contribution in [1.82, 2.24) is 15.0 Å². The van der Waals surface area contributed by atoms with E-state index >= 15 is 0 Å². The maximum atomic E-state index is 12.3. The Kier molecular flexibility index (Phi) is 5.15. The van der Waals surface area contributed by atoms with E-state index in [9.17, 15) is 4.79 Å². The zero-order chi connectivity index (χ0) is 18.7. The molecule has 0 saturated carbocycles. The number of carbonyl (C=O) groups is 1. The Morgan fingerprint density at radius 3 is 2.73 bits per heavy atom. The van der Waals surface area contributed by atoms with Crippen molar-refractivity contribution in [2.45, 2.75) is 45.3 Å². The molecule has 1 amide bonds. The highest BCUT2D eigenvalue weighted by Crippen LogP contribution is 2.24. The number of ether oxygens (including phenoxy) is 1. The number of likely N-dealkylation sites (N-methyl/N-ethyl adjacent to an activating group) is 1. The van der Waals surface area contributed by atoms with Gasteiger partial charge in [0.2, 0.25) is 0 Å². The molecule has 1 fully saturated rings. The summed E-state index contributed by atoms with van der Waals surface area (Å²) < 4.78 is 10.9. The van der Waals surface area contributed by atoms with Crippen LogP contribution in [0.15, 0.2) is 34.9 Å². The Balaban J connectivity index is 1.67. The van der Waals surface area contributed by atoms with Crippen LogP contribution in [0.4, 0.5) is 10.7 Å². The third-order valence-corrected chi connectivity index (χ3v) is 4.34. The van der Waals surface area contributed by atoms with Crippen LogP contribution in [0.1, 0.15) is 33.6 Å². The number of rotatable bonds is 3. The molecule has 1 aromatic carbocycles. The molecule has 0 radical (unpaired) electrons. The van der Waals surface area contributed by atoms with E-state index in [1.54, 1.807) is 11.9 Å². The van der Waals surface area contributed by atoms with Crippen LogP contribution in [-0.4, -0.2) is 52.9 Å². The second kappa shape index (κ2) is 7.35. The maximum Gasteiger partial charge on any atom is 0.410 e. The van der Waals surface area contributed by atoms with Crippen molar-refractivity contribution in [3.63, 3.8) is 0 Å². The smallest absolute Gasteiger partial charge is 0.410 e. The number of nitrogens with zero attached hydrogens (tertiary/aromatic N) is 4. The molecule has 3 rings (SSSR count). The third-order valence-electron chi connectivity index (χ3n) is 4.34. The van der Waals surface area contributed by atoms with E-state index in [1.165, 1.54) is 0 Å². The van der Waals surface area contributed by atoms with Crippen molar-refractivity contribution in [2.75, 3.05) is 25.0 Å². The van der Waals surface area contributed by atoms with Crippen LogP contribution >= 0.6 is 0 Å². The average Bonchev–Trinajstić information content (AvgIpc) is 3.11. The van der Waals surface area contributed by atoms with Crippen molar-refractivity contribution < 1.29 is 14.1 Å². The molecule has 1 aliphatic rings. The lowest BCUT2D eigenvalue weighted by atomic mass is 10.1. The van der Waals surface area contributed by atoms with Crippen molar-refractivity contribution in [1.29, 1.82) is 0 Å². The molecule has 1 atom stereocenters. The molecule has 1 unspecified atom stereocenters. The van der Waals surface area contributed by atoms with Gasteiger partial charge >= 0.3 is 6.09 Å². The quantitative estimate of drug-likeness (QED) is 0.835. The van der Waals surface area contributed by atoms with E-state index in [4.69, 9.17) is 9.26 Å². The minimum Gasteiger partial charge on any atom is -0.444 e. The van der Waals surface area contributed by atoms with Gasteiger partial charge in [0.25, 0.3) is 11.8 Å². The summed E-state index contributed by atoms with van der Waals surface area (Å²) in [5, 5.41) is 4.12. The van der Waals surface area contributed by atoms with Gasteiger partial charge in [-0.15, -0.1) is 0 Å². The van der Waals surface area contributed by atoms with Gasteiger partial charge in [0.1, 0.15) is 5.60 Å². The van der Waals surface area contributed by atoms with Gasteiger partial charge < -0.3 is 19.1 Å². The van der Waals surface area contributed by atoms with Crippen LogP contribution < -0.4 is 4.90 Å². The lowest BCUT2D eigenvalue weighted by Crippen LogP contribution is -2.50. The van der Waals surface area contributed by atoms with Gasteiger partial charge in [0.15, 0.2) is 0 Å². The SMILES string of the molecule is CN(C(=O)OC(C)(C)C)C1CCCN(c2noc(-c3ccccc3)n2)C1. The van der Waals surface area contributed by atoms with Crippen LogP contribution in [0.3, 0.4) is 0 Å². The second-order valence-electron chi connectivity index (χ2n) is 7.60. The maximum absolute atomic E-state index is 12.3. The van der Waals surface area contributed by atoms with E-state index in [1.807, 2.05) is 51.1 Å². The number of piperidine rings is 1. The average molecular weight is 358 g/mol. The van der Waals surface area contributed by atoms with Crippen LogP contribution in [0, 0.1) is 0 Å². The summed E-state index contributed by atoms with van der Waals surface area (Å²) in [5.41, 5.74) is 0.392.